The molecule has 1 aliphatic rings. The Morgan fingerprint density at radius 3 is 3.00 bits per heavy atom. The van der Waals surface area contributed by atoms with Crippen LogP contribution >= 0.6 is 0 Å². The first kappa shape index (κ1) is 18.3. The van der Waals surface area contributed by atoms with Crippen molar-refractivity contribution in [3.8, 4) is 0 Å². The lowest BCUT2D eigenvalue weighted by atomic mass is 10.1. The van der Waals surface area contributed by atoms with Gasteiger partial charge in [0.2, 0.25) is 0 Å². The number of morpholine rings is 1. The van der Waals surface area contributed by atoms with Crippen molar-refractivity contribution in [2.45, 2.75) is 25.8 Å². The third-order valence-corrected chi connectivity index (χ3v) is 4.61. The number of benzene rings is 1. The molecule has 1 amide bonds. The molecular weight excluding hydrogens is 365 g/mol. The summed E-state index contributed by atoms with van der Waals surface area (Å²) in [5.41, 5.74) is 2.67. The summed E-state index contributed by atoms with van der Waals surface area (Å²) in [6, 6.07) is 6.92. The zero-order chi connectivity index (χ0) is 19.5. The molecule has 28 heavy (non-hydrogen) atoms. The largest absolute Gasteiger partial charge is 0.445 e. The number of nitrogens with one attached hydrogen (secondary N) is 1. The first-order valence-corrected chi connectivity index (χ1v) is 9.02. The van der Waals surface area contributed by atoms with Gasteiger partial charge < -0.3 is 19.4 Å². The predicted octanol–water partition coefficient (Wildman–Crippen LogP) is 3.09. The van der Waals surface area contributed by atoms with Gasteiger partial charge in [0.05, 0.1) is 19.3 Å². The van der Waals surface area contributed by atoms with Crippen LogP contribution in [-0.4, -0.2) is 50.6 Å². The van der Waals surface area contributed by atoms with E-state index in [-0.39, 0.29) is 12.7 Å². The van der Waals surface area contributed by atoms with Crippen LogP contribution < -0.4 is 0 Å². The Hall–Kier alpha value is -3.07. The standard InChI is InChI=1S/C19H20FN5O3/c1-12(20)14-4-2-13(3-5-14)10-28-19(26)25-6-7-27-16(9-25)18-23-15-8-21-11-22-17(15)24-18/h2-5,8,11-12,16H,6-7,9-10H2,1H3,(H,21,22,23,24)/t12?,16-/m0/s1. The maximum Gasteiger partial charge on any atom is 0.410 e. The number of fused-ring (bicyclic) bond motifs is 1. The summed E-state index contributed by atoms with van der Waals surface area (Å²) in [7, 11) is 0. The molecule has 2 aromatic heterocycles. The fourth-order valence-electron chi connectivity index (χ4n) is 3.03. The molecule has 3 heterocycles. The van der Waals surface area contributed by atoms with Gasteiger partial charge in [-0.25, -0.2) is 24.1 Å². The van der Waals surface area contributed by atoms with Crippen molar-refractivity contribution in [2.75, 3.05) is 19.7 Å². The molecule has 1 fully saturated rings. The van der Waals surface area contributed by atoms with E-state index in [1.165, 1.54) is 13.3 Å². The monoisotopic (exact) mass is 385 g/mol. The third kappa shape index (κ3) is 3.94. The van der Waals surface area contributed by atoms with Crippen LogP contribution in [0.15, 0.2) is 36.8 Å². The van der Waals surface area contributed by atoms with Crippen LogP contribution in [-0.2, 0) is 16.1 Å². The molecule has 1 aliphatic heterocycles. The number of alkyl halides is 1. The van der Waals surface area contributed by atoms with Gasteiger partial charge in [-0.05, 0) is 18.1 Å². The van der Waals surface area contributed by atoms with Crippen molar-refractivity contribution in [3.05, 3.63) is 53.7 Å². The van der Waals surface area contributed by atoms with Crippen molar-refractivity contribution in [3.63, 3.8) is 0 Å². The molecule has 2 atom stereocenters. The molecule has 0 saturated carbocycles. The number of aromatic nitrogens is 4. The van der Waals surface area contributed by atoms with Gasteiger partial charge in [0.15, 0.2) is 5.65 Å². The van der Waals surface area contributed by atoms with Gasteiger partial charge in [0, 0.05) is 6.54 Å². The number of carbonyl (C=O) groups is 1. The molecule has 9 heteroatoms. The number of hydrogen-bond donors (Lipinski definition) is 1. The molecule has 0 aliphatic carbocycles. The Kier molecular flexibility index (Phi) is 5.16. The number of ether oxygens (including phenoxy) is 2. The second-order valence-electron chi connectivity index (χ2n) is 6.60. The zero-order valence-corrected chi connectivity index (χ0v) is 15.3. The van der Waals surface area contributed by atoms with Crippen LogP contribution in [0.2, 0.25) is 0 Å². The second-order valence-corrected chi connectivity index (χ2v) is 6.60. The SMILES string of the molecule is CC(F)c1ccc(COC(=O)N2CCO[C@H](c3nc4ncncc4[nH]3)C2)cc1. The van der Waals surface area contributed by atoms with Crippen molar-refractivity contribution in [1.82, 2.24) is 24.8 Å². The highest BCUT2D eigenvalue weighted by Crippen LogP contribution is 2.22. The van der Waals surface area contributed by atoms with E-state index in [1.807, 2.05) is 0 Å². The number of carbonyl (C=O) groups excluding carboxylic acids is 1. The van der Waals surface area contributed by atoms with Crippen molar-refractivity contribution >= 4 is 17.3 Å². The fraction of sp³-hybridized carbons (Fsp3) is 0.368. The van der Waals surface area contributed by atoms with Gasteiger partial charge in [-0.1, -0.05) is 24.3 Å². The molecule has 1 N–H and O–H groups in total. The molecule has 146 valence electrons. The van der Waals surface area contributed by atoms with E-state index in [9.17, 15) is 9.18 Å². The normalized spacial score (nSPS) is 18.2. The number of halogens is 1. The van der Waals surface area contributed by atoms with Crippen LogP contribution in [0.4, 0.5) is 9.18 Å². The van der Waals surface area contributed by atoms with Gasteiger partial charge in [-0.15, -0.1) is 0 Å². The van der Waals surface area contributed by atoms with Gasteiger partial charge in [0.25, 0.3) is 0 Å². The van der Waals surface area contributed by atoms with Crippen LogP contribution in [0.25, 0.3) is 11.2 Å². The lowest BCUT2D eigenvalue weighted by molar-refractivity contribution is -0.0330. The molecule has 0 bridgehead atoms. The highest BCUT2D eigenvalue weighted by Gasteiger charge is 2.28. The lowest BCUT2D eigenvalue weighted by Gasteiger charge is -2.31. The highest BCUT2D eigenvalue weighted by molar-refractivity contribution is 5.69. The topological polar surface area (TPSA) is 93.2 Å². The minimum atomic E-state index is -1.02. The lowest BCUT2D eigenvalue weighted by Crippen LogP contribution is -2.42. The summed E-state index contributed by atoms with van der Waals surface area (Å²) in [5.74, 6) is 0.601. The molecule has 4 rings (SSSR count). The summed E-state index contributed by atoms with van der Waals surface area (Å²) < 4.78 is 24.4. The summed E-state index contributed by atoms with van der Waals surface area (Å²) in [6.45, 7) is 2.75. The van der Waals surface area contributed by atoms with Crippen LogP contribution in [0, 0.1) is 0 Å². The summed E-state index contributed by atoms with van der Waals surface area (Å²) >= 11 is 0. The Morgan fingerprint density at radius 2 is 2.25 bits per heavy atom. The predicted molar refractivity (Wildman–Crippen MR) is 98.1 cm³/mol. The van der Waals surface area contributed by atoms with Crippen LogP contribution in [0.3, 0.4) is 0 Å². The van der Waals surface area contributed by atoms with Crippen LogP contribution in [0.1, 0.15) is 36.2 Å². The maximum atomic E-state index is 13.2. The van der Waals surface area contributed by atoms with E-state index in [1.54, 1.807) is 35.4 Å². The molecule has 3 aromatic rings. The first-order chi connectivity index (χ1) is 13.6. The fourth-order valence-corrected chi connectivity index (χ4v) is 3.03. The Labute approximate surface area is 160 Å². The van der Waals surface area contributed by atoms with Crippen molar-refractivity contribution < 1.29 is 18.7 Å². The smallest absolute Gasteiger partial charge is 0.410 e. The quantitative estimate of drug-likeness (QED) is 0.742. The van der Waals surface area contributed by atoms with E-state index in [0.29, 0.717) is 42.2 Å². The molecule has 1 unspecified atom stereocenters. The molecule has 0 radical (unpaired) electrons. The number of nitrogens with zero attached hydrogens (tertiary/aromatic N) is 4. The Bertz CT molecular complexity index is 927. The molecule has 8 nitrogen and oxygen atoms in total. The minimum Gasteiger partial charge on any atom is -0.445 e. The summed E-state index contributed by atoms with van der Waals surface area (Å²) in [6.07, 6.45) is 1.24. The Balaban J connectivity index is 1.36. The molecule has 1 aromatic carbocycles. The number of imidazole rings is 1. The minimum absolute atomic E-state index is 0.127. The number of amides is 1. The summed E-state index contributed by atoms with van der Waals surface area (Å²) in [5, 5.41) is 0. The second kappa shape index (κ2) is 7.89. The zero-order valence-electron chi connectivity index (χ0n) is 15.3. The van der Waals surface area contributed by atoms with Crippen molar-refractivity contribution in [2.24, 2.45) is 0 Å². The van der Waals surface area contributed by atoms with Gasteiger partial charge in [-0.2, -0.15) is 0 Å². The van der Waals surface area contributed by atoms with Gasteiger partial charge in [-0.3, -0.25) is 0 Å². The molecule has 0 spiro atoms. The molecular formula is C19H20FN5O3. The van der Waals surface area contributed by atoms with E-state index in [2.05, 4.69) is 19.9 Å². The van der Waals surface area contributed by atoms with Gasteiger partial charge >= 0.3 is 6.09 Å². The van der Waals surface area contributed by atoms with E-state index in [4.69, 9.17) is 9.47 Å². The maximum absolute atomic E-state index is 13.2. The molecule has 1 saturated heterocycles. The number of aromatic amines is 1. The average Bonchev–Trinajstić information content (AvgIpc) is 3.17. The Morgan fingerprint density at radius 1 is 1.43 bits per heavy atom. The van der Waals surface area contributed by atoms with Crippen LogP contribution in [0.5, 0.6) is 0 Å². The van der Waals surface area contributed by atoms with E-state index < -0.39 is 12.3 Å². The number of hydrogen-bond acceptors (Lipinski definition) is 6. The summed E-state index contributed by atoms with van der Waals surface area (Å²) in [4.78, 5) is 29.6. The third-order valence-electron chi connectivity index (χ3n) is 4.61. The first-order valence-electron chi connectivity index (χ1n) is 9.02. The van der Waals surface area contributed by atoms with Gasteiger partial charge in [0.1, 0.15) is 36.6 Å². The highest BCUT2D eigenvalue weighted by atomic mass is 19.1. The average molecular weight is 385 g/mol. The number of H-pyrrole nitrogens is 1. The van der Waals surface area contributed by atoms with E-state index in [0.717, 1.165) is 5.56 Å². The number of rotatable bonds is 4. The van der Waals surface area contributed by atoms with E-state index >= 15 is 0 Å². The van der Waals surface area contributed by atoms with Crippen molar-refractivity contribution in [1.29, 1.82) is 0 Å².